The molecule has 6 aromatic rings. The molecule has 88 heavy (non-hydrogen) atoms. The van der Waals surface area contributed by atoms with Crippen molar-refractivity contribution in [2.24, 2.45) is 20.0 Å². The summed E-state index contributed by atoms with van der Waals surface area (Å²) >= 11 is 0. The van der Waals surface area contributed by atoms with Crippen LogP contribution in [-0.2, 0) is 51.4 Å². The highest BCUT2D eigenvalue weighted by Gasteiger charge is 2.29. The number of nitrogens with one attached hydrogen (secondary N) is 6. The molecule has 20 bridgehead atoms. The van der Waals surface area contributed by atoms with Gasteiger partial charge in [-0.1, -0.05) is 27.7 Å². The smallest absolute Gasteiger partial charge is 0.0686 e. The number of H-pyrrole nitrogens is 6. The summed E-state index contributed by atoms with van der Waals surface area (Å²) < 4.78 is 0. The number of aromatic amines is 6. The molecule has 0 unspecified atom stereocenters. The number of aliphatic imine (C=N–C) groups is 4. The molecule has 10 nitrogen and oxygen atoms in total. The Morgan fingerprint density at radius 1 is 0.284 bits per heavy atom. The predicted octanol–water partition coefficient (Wildman–Crippen LogP) is 19.1. The van der Waals surface area contributed by atoms with Crippen molar-refractivity contribution in [2.75, 3.05) is 0 Å². The molecular formula is C78H98N10. The minimum absolute atomic E-state index is 0.770. The summed E-state index contributed by atoms with van der Waals surface area (Å²) in [5.41, 5.74) is 50.3. The van der Waals surface area contributed by atoms with Crippen LogP contribution in [-0.4, -0.2) is 52.8 Å². The fourth-order valence-corrected chi connectivity index (χ4v) is 15.5. The summed E-state index contributed by atoms with van der Waals surface area (Å²) in [4.78, 5) is 44.8. The number of allylic oxidation sites excluding steroid dienone is 8. The van der Waals surface area contributed by atoms with Gasteiger partial charge < -0.3 is 29.9 Å². The highest BCUT2D eigenvalue weighted by atomic mass is 14.9. The number of fused-ring (bicyclic) bond motifs is 16. The Labute approximate surface area is 525 Å². The topological polar surface area (TPSA) is 144 Å². The first-order valence-electron chi connectivity index (χ1n) is 33.1. The zero-order valence-corrected chi connectivity index (χ0v) is 57.0. The van der Waals surface area contributed by atoms with Gasteiger partial charge in [-0.05, 0) is 311 Å². The highest BCUT2D eigenvalue weighted by molar-refractivity contribution is 6.09. The molecule has 6 aromatic heterocycles. The van der Waals surface area contributed by atoms with Gasteiger partial charge in [0.15, 0.2) is 0 Å². The van der Waals surface area contributed by atoms with Crippen molar-refractivity contribution >= 4 is 47.2 Å². The SMILES string of the molecule is CCC1=C(C)C2=Cc3[nH]c(C)c(c3C)CCCc3c(C)[nH]c(c3C)C=C3N=C(Cc4[nH]c(c(C)c4C)CC4=NC(=Cc5[nH]c(C)c(c5C)CCCc5c(C)[nH]c(c5C)C=C5N=C(Cc6[nH]c(c(C)c6C)CC1=N2)C(CC)=C5C)C(C)=C4CC)C(CC)=C3C. The van der Waals surface area contributed by atoms with E-state index in [2.05, 4.69) is 193 Å². The predicted molar refractivity (Wildman–Crippen MR) is 374 cm³/mol. The van der Waals surface area contributed by atoms with E-state index in [-0.39, 0.29) is 0 Å². The Hall–Kier alpha value is -7.72. The molecule has 6 N–H and O–H groups in total. The Bertz CT molecular complexity index is 3740. The van der Waals surface area contributed by atoms with Gasteiger partial charge in [0.1, 0.15) is 0 Å². The lowest BCUT2D eigenvalue weighted by Gasteiger charge is -2.06. The zero-order valence-electron chi connectivity index (χ0n) is 57.0. The van der Waals surface area contributed by atoms with E-state index < -0.39 is 0 Å². The summed E-state index contributed by atoms with van der Waals surface area (Å²) in [6.45, 7) is 45.3. The first kappa shape index (κ1) is 61.9. The lowest BCUT2D eigenvalue weighted by Crippen LogP contribution is -2.07. The van der Waals surface area contributed by atoms with Crippen molar-refractivity contribution in [3.05, 3.63) is 202 Å². The molecule has 0 saturated carbocycles. The molecule has 0 amide bonds. The second-order valence-corrected chi connectivity index (χ2v) is 26.3. The second kappa shape index (κ2) is 24.7. The Morgan fingerprint density at radius 3 is 0.682 bits per heavy atom. The van der Waals surface area contributed by atoms with Crippen LogP contribution in [0.4, 0.5) is 0 Å². The van der Waals surface area contributed by atoms with E-state index in [0.717, 1.165) is 135 Å². The fraction of sp³-hybridized carbons (Fsp3) is 0.436. The lowest BCUT2D eigenvalue weighted by molar-refractivity contribution is 0.805. The average molecular weight is 1180 g/mol. The standard InChI is InChI=1S/C78H98N10/c1-21-55-43(9)71-31-67-47(13)59(51(17)79-67)27-25-28-60-48(14)69(80-52(60)18)33-73-45(11)57(23-3)77(87-73)37-65-41(7)42(8)66(84-65)38-78-58(24-4)46(12)74(88-78)34-70-50(16)62(54(20)82-70)30-26-29-61-49(15)68(81-53(61)19)32-72-44(10)56(22-2)76(86-72)36-64-40(6)39(5)63(83-64)35-75(55)85-71/h31-34,79-84H,21-30,35-38H2,1-20H3. The molecule has 0 radical (unpaired) electrons. The van der Waals surface area contributed by atoms with Crippen molar-refractivity contribution in [3.8, 4) is 0 Å². The number of hydrogen-bond donors (Lipinski definition) is 6. The van der Waals surface area contributed by atoms with Gasteiger partial charge in [-0.2, -0.15) is 0 Å². The first-order chi connectivity index (χ1) is 42.0. The van der Waals surface area contributed by atoms with Crippen LogP contribution in [0.15, 0.2) is 87.3 Å². The van der Waals surface area contributed by atoms with Gasteiger partial charge >= 0.3 is 0 Å². The van der Waals surface area contributed by atoms with Crippen LogP contribution in [0.25, 0.3) is 24.3 Å². The molecule has 0 aliphatic carbocycles. The van der Waals surface area contributed by atoms with Crippen LogP contribution < -0.4 is 0 Å². The molecular weight excluding hydrogens is 1080 g/mol. The maximum absolute atomic E-state index is 5.44. The van der Waals surface area contributed by atoms with Gasteiger partial charge in [0.2, 0.25) is 0 Å². The van der Waals surface area contributed by atoms with Crippen molar-refractivity contribution in [3.63, 3.8) is 0 Å². The maximum atomic E-state index is 5.44. The van der Waals surface area contributed by atoms with Crippen LogP contribution >= 0.6 is 0 Å². The molecule has 5 aliphatic heterocycles. The molecule has 5 aliphatic rings. The number of nitrogens with zero attached hydrogens (tertiary/aromatic N) is 4. The Morgan fingerprint density at radius 2 is 0.489 bits per heavy atom. The molecule has 0 fully saturated rings. The quantitative estimate of drug-likeness (QED) is 0.0999. The number of aromatic nitrogens is 6. The number of aryl methyl sites for hydroxylation is 4. The van der Waals surface area contributed by atoms with E-state index in [1.165, 1.54) is 180 Å². The van der Waals surface area contributed by atoms with Gasteiger partial charge in [0.05, 0.1) is 45.6 Å². The third-order valence-electron chi connectivity index (χ3n) is 21.5. The molecule has 11 heterocycles. The number of hydrogen-bond acceptors (Lipinski definition) is 4. The van der Waals surface area contributed by atoms with Crippen molar-refractivity contribution in [2.45, 2.75) is 228 Å². The molecule has 11 rings (SSSR count). The van der Waals surface area contributed by atoms with Crippen LogP contribution in [0, 0.1) is 83.1 Å². The molecule has 10 heteroatoms. The van der Waals surface area contributed by atoms with E-state index in [0.29, 0.717) is 0 Å². The van der Waals surface area contributed by atoms with Crippen molar-refractivity contribution in [1.29, 1.82) is 0 Å². The fourth-order valence-electron chi connectivity index (χ4n) is 15.5. The van der Waals surface area contributed by atoms with Gasteiger partial charge in [-0.3, -0.25) is 20.0 Å². The summed E-state index contributed by atoms with van der Waals surface area (Å²) in [6, 6.07) is 0. The number of rotatable bonds is 4. The van der Waals surface area contributed by atoms with Crippen molar-refractivity contribution in [1.82, 2.24) is 29.9 Å². The summed E-state index contributed by atoms with van der Waals surface area (Å²) in [5, 5.41) is 0. The van der Waals surface area contributed by atoms with E-state index in [1.807, 2.05) is 0 Å². The normalized spacial score (nSPS) is 17.4. The summed E-state index contributed by atoms with van der Waals surface area (Å²) in [7, 11) is 0. The van der Waals surface area contributed by atoms with Crippen LogP contribution in [0.5, 0.6) is 0 Å². The molecule has 0 aromatic carbocycles. The van der Waals surface area contributed by atoms with E-state index >= 15 is 0 Å². The molecule has 0 saturated heterocycles. The van der Waals surface area contributed by atoms with Crippen LogP contribution in [0.3, 0.4) is 0 Å². The third-order valence-corrected chi connectivity index (χ3v) is 21.5. The summed E-state index contributed by atoms with van der Waals surface area (Å²) in [5.74, 6) is 0. The molecule has 0 atom stereocenters. The third kappa shape index (κ3) is 11.2. The average Bonchev–Trinajstić information content (AvgIpc) is 3.19. The lowest BCUT2D eigenvalue weighted by atomic mass is 9.97. The Balaban J connectivity index is 0.927. The van der Waals surface area contributed by atoms with Gasteiger partial charge in [-0.15, -0.1) is 0 Å². The summed E-state index contributed by atoms with van der Waals surface area (Å²) in [6.07, 6.45) is 22.2. The first-order valence-corrected chi connectivity index (χ1v) is 33.1. The molecule has 0 spiro atoms. The maximum Gasteiger partial charge on any atom is 0.0686 e. The van der Waals surface area contributed by atoms with Gasteiger partial charge in [0.25, 0.3) is 0 Å². The monoisotopic (exact) mass is 1170 g/mol. The van der Waals surface area contributed by atoms with Crippen molar-refractivity contribution < 1.29 is 0 Å². The minimum Gasteiger partial charge on any atom is -0.361 e. The Kier molecular flexibility index (Phi) is 17.4. The minimum atomic E-state index is 0.770. The second-order valence-electron chi connectivity index (χ2n) is 26.3. The molecule has 460 valence electrons. The zero-order chi connectivity index (χ0) is 62.9. The van der Waals surface area contributed by atoms with E-state index in [1.54, 1.807) is 0 Å². The van der Waals surface area contributed by atoms with Crippen LogP contribution in [0.1, 0.15) is 229 Å². The van der Waals surface area contributed by atoms with Gasteiger partial charge in [0, 0.05) is 94.0 Å². The van der Waals surface area contributed by atoms with E-state index in [9.17, 15) is 0 Å². The van der Waals surface area contributed by atoms with Gasteiger partial charge in [-0.25, -0.2) is 0 Å². The highest BCUT2D eigenvalue weighted by Crippen LogP contribution is 2.39. The van der Waals surface area contributed by atoms with E-state index in [4.69, 9.17) is 20.0 Å². The van der Waals surface area contributed by atoms with Crippen LogP contribution in [0.2, 0.25) is 0 Å². The largest absolute Gasteiger partial charge is 0.361 e.